The molecule has 2 bridgehead atoms. The molecule has 1 fully saturated rings. The number of hydrogen-bond donors (Lipinski definition) is 1. The van der Waals surface area contributed by atoms with Crippen LogP contribution < -0.4 is 0 Å². The van der Waals surface area contributed by atoms with Gasteiger partial charge in [0, 0.05) is 0 Å². The van der Waals surface area contributed by atoms with E-state index in [1.807, 2.05) is 0 Å². The highest BCUT2D eigenvalue weighted by atomic mass is 16.4. The number of carbonyl (C=O) groups is 1. The Morgan fingerprint density at radius 2 is 2.13 bits per heavy atom. The highest BCUT2D eigenvalue weighted by Crippen LogP contribution is 2.49. The minimum absolute atomic E-state index is 0.116. The van der Waals surface area contributed by atoms with Crippen LogP contribution in [0.2, 0.25) is 0 Å². The summed E-state index contributed by atoms with van der Waals surface area (Å²) in [5.74, 6) is 1.48. The van der Waals surface area contributed by atoms with Gasteiger partial charge in [-0.2, -0.15) is 0 Å². The highest BCUT2D eigenvalue weighted by Gasteiger charge is 2.44. The zero-order valence-corrected chi connectivity index (χ0v) is 9.73. The van der Waals surface area contributed by atoms with Crippen LogP contribution in [0.3, 0.4) is 0 Å². The largest absolute Gasteiger partial charge is 0.481 e. The molecule has 0 aromatic carbocycles. The van der Waals surface area contributed by atoms with E-state index in [1.54, 1.807) is 0 Å². The molecule has 0 radical (unpaired) electrons. The van der Waals surface area contributed by atoms with Gasteiger partial charge in [-0.3, -0.25) is 4.79 Å². The van der Waals surface area contributed by atoms with Crippen molar-refractivity contribution in [2.24, 2.45) is 29.6 Å². The lowest BCUT2D eigenvalue weighted by Crippen LogP contribution is -2.41. The van der Waals surface area contributed by atoms with Gasteiger partial charge in [-0.25, -0.2) is 0 Å². The molecule has 1 saturated carbocycles. The molecule has 84 valence electrons. The smallest absolute Gasteiger partial charge is 0.307 e. The molecule has 15 heavy (non-hydrogen) atoms. The van der Waals surface area contributed by atoms with Crippen LogP contribution in [-0.4, -0.2) is 11.1 Å². The minimum atomic E-state index is -0.598. The van der Waals surface area contributed by atoms with Gasteiger partial charge >= 0.3 is 5.97 Å². The quantitative estimate of drug-likeness (QED) is 0.708. The summed E-state index contributed by atoms with van der Waals surface area (Å²) in [6.45, 7) is 6.61. The maximum Gasteiger partial charge on any atom is 0.307 e. The number of carboxylic acids is 1. The molecule has 0 aromatic heterocycles. The summed E-state index contributed by atoms with van der Waals surface area (Å²) in [6.07, 6.45) is 4.28. The monoisotopic (exact) mass is 208 g/mol. The Kier molecular flexibility index (Phi) is 2.61. The van der Waals surface area contributed by atoms with E-state index in [1.165, 1.54) is 5.57 Å². The molecule has 0 amide bonds. The van der Waals surface area contributed by atoms with Crippen molar-refractivity contribution < 1.29 is 9.90 Å². The van der Waals surface area contributed by atoms with E-state index in [4.69, 9.17) is 0 Å². The summed E-state index contributed by atoms with van der Waals surface area (Å²) in [6, 6.07) is 0. The molecular weight excluding hydrogens is 188 g/mol. The molecule has 0 aromatic rings. The Morgan fingerprint density at radius 3 is 2.60 bits per heavy atom. The molecule has 2 heteroatoms. The van der Waals surface area contributed by atoms with Crippen molar-refractivity contribution in [2.75, 3.05) is 0 Å². The van der Waals surface area contributed by atoms with E-state index in [9.17, 15) is 9.90 Å². The minimum Gasteiger partial charge on any atom is -0.481 e. The molecule has 0 saturated heterocycles. The van der Waals surface area contributed by atoms with Crippen LogP contribution in [0.15, 0.2) is 11.6 Å². The van der Waals surface area contributed by atoms with E-state index >= 15 is 0 Å². The summed E-state index contributed by atoms with van der Waals surface area (Å²) in [4.78, 5) is 11.1. The first kappa shape index (κ1) is 10.7. The van der Waals surface area contributed by atoms with Gasteiger partial charge < -0.3 is 5.11 Å². The lowest BCUT2D eigenvalue weighted by molar-refractivity contribution is -0.146. The number of rotatable bonds is 2. The van der Waals surface area contributed by atoms with Gasteiger partial charge in [-0.1, -0.05) is 25.5 Å². The molecule has 3 rings (SSSR count). The first-order chi connectivity index (χ1) is 7.00. The first-order valence-electron chi connectivity index (χ1n) is 5.91. The van der Waals surface area contributed by atoms with Crippen LogP contribution in [-0.2, 0) is 4.79 Å². The molecule has 0 aliphatic heterocycles. The van der Waals surface area contributed by atoms with Crippen molar-refractivity contribution in [3.8, 4) is 0 Å². The number of fused-ring (bicyclic) bond motifs is 2. The van der Waals surface area contributed by atoms with E-state index in [2.05, 4.69) is 26.8 Å². The summed E-state index contributed by atoms with van der Waals surface area (Å²) in [7, 11) is 0. The van der Waals surface area contributed by atoms with Crippen LogP contribution in [0.25, 0.3) is 0 Å². The maximum atomic E-state index is 11.1. The highest BCUT2D eigenvalue weighted by molar-refractivity contribution is 5.71. The molecule has 0 heterocycles. The second kappa shape index (κ2) is 3.66. The fourth-order valence-corrected chi connectivity index (χ4v) is 3.46. The van der Waals surface area contributed by atoms with Gasteiger partial charge in [0.25, 0.3) is 0 Å². The van der Waals surface area contributed by atoms with Gasteiger partial charge in [0.15, 0.2) is 0 Å². The van der Waals surface area contributed by atoms with Crippen molar-refractivity contribution >= 4 is 5.97 Å². The lowest BCUT2D eigenvalue weighted by Gasteiger charge is -2.46. The number of allylic oxidation sites excluding steroid dienone is 2. The number of hydrogen-bond acceptors (Lipinski definition) is 1. The number of aliphatic carboxylic acids is 1. The van der Waals surface area contributed by atoms with E-state index in [0.717, 1.165) is 12.8 Å². The van der Waals surface area contributed by atoms with E-state index < -0.39 is 5.97 Å². The lowest BCUT2D eigenvalue weighted by atomic mass is 9.58. The first-order valence-corrected chi connectivity index (χ1v) is 5.91. The van der Waals surface area contributed by atoms with Crippen molar-refractivity contribution in [1.29, 1.82) is 0 Å². The van der Waals surface area contributed by atoms with Crippen molar-refractivity contribution in [1.82, 2.24) is 0 Å². The molecular formula is C13H20O2. The van der Waals surface area contributed by atoms with Crippen LogP contribution in [0.5, 0.6) is 0 Å². The zero-order valence-electron chi connectivity index (χ0n) is 9.73. The standard InChI is InChI=1S/C13H20O2/c1-7(2)10-6-11-8(3)4-9(10)5-12(11)13(14)15/h4,7,9-12H,5-6H2,1-3H3,(H,14,15)/t9-,10?,11+,12?/m0/s1. The van der Waals surface area contributed by atoms with E-state index in [0.29, 0.717) is 23.7 Å². The van der Waals surface area contributed by atoms with Crippen LogP contribution in [0, 0.1) is 29.6 Å². The van der Waals surface area contributed by atoms with Crippen molar-refractivity contribution in [3.63, 3.8) is 0 Å². The average Bonchev–Trinajstić information content (AvgIpc) is 2.16. The van der Waals surface area contributed by atoms with Crippen LogP contribution in [0.4, 0.5) is 0 Å². The van der Waals surface area contributed by atoms with Crippen LogP contribution >= 0.6 is 0 Å². The maximum absolute atomic E-state index is 11.1. The SMILES string of the molecule is CC1=C[C@H]2CC(C(=O)O)[C@@H]1CC2C(C)C. The molecule has 3 aliphatic carbocycles. The molecule has 2 nitrogen and oxygen atoms in total. The predicted molar refractivity (Wildman–Crippen MR) is 59.4 cm³/mol. The summed E-state index contributed by atoms with van der Waals surface area (Å²) < 4.78 is 0. The van der Waals surface area contributed by atoms with Crippen molar-refractivity contribution in [2.45, 2.75) is 33.6 Å². The van der Waals surface area contributed by atoms with Gasteiger partial charge in [0.1, 0.15) is 0 Å². The van der Waals surface area contributed by atoms with Gasteiger partial charge in [0.05, 0.1) is 5.92 Å². The molecule has 1 N–H and O–H groups in total. The Labute approximate surface area is 91.4 Å². The molecule has 3 aliphatic rings. The van der Waals surface area contributed by atoms with Gasteiger partial charge in [0.2, 0.25) is 0 Å². The fourth-order valence-electron chi connectivity index (χ4n) is 3.46. The second-order valence-electron chi connectivity index (χ2n) is 5.51. The third kappa shape index (κ3) is 1.70. The normalized spacial score (nSPS) is 39.3. The van der Waals surface area contributed by atoms with Crippen LogP contribution in [0.1, 0.15) is 33.6 Å². The number of carboxylic acid groups (broad SMARTS) is 1. The Bertz CT molecular complexity index is 304. The molecule has 2 unspecified atom stereocenters. The molecule has 0 spiro atoms. The third-order valence-electron chi connectivity index (χ3n) is 4.32. The Morgan fingerprint density at radius 1 is 1.47 bits per heavy atom. The van der Waals surface area contributed by atoms with Crippen molar-refractivity contribution in [3.05, 3.63) is 11.6 Å². The topological polar surface area (TPSA) is 37.3 Å². The van der Waals surface area contributed by atoms with E-state index in [-0.39, 0.29) is 5.92 Å². The average molecular weight is 208 g/mol. The Hall–Kier alpha value is -0.790. The molecule has 4 atom stereocenters. The predicted octanol–water partition coefficient (Wildman–Crippen LogP) is 2.95. The zero-order chi connectivity index (χ0) is 11.2. The van der Waals surface area contributed by atoms with Gasteiger partial charge in [-0.15, -0.1) is 0 Å². The van der Waals surface area contributed by atoms with Gasteiger partial charge in [-0.05, 0) is 43.4 Å². The summed E-state index contributed by atoms with van der Waals surface area (Å²) >= 11 is 0. The Balaban J connectivity index is 2.23. The third-order valence-corrected chi connectivity index (χ3v) is 4.32. The fraction of sp³-hybridized carbons (Fsp3) is 0.769. The summed E-state index contributed by atoms with van der Waals surface area (Å²) in [5, 5.41) is 9.18. The second-order valence-corrected chi connectivity index (χ2v) is 5.51. The summed E-state index contributed by atoms with van der Waals surface area (Å²) in [5.41, 5.74) is 1.32.